The highest BCUT2D eigenvalue weighted by Gasteiger charge is 2.30. The summed E-state index contributed by atoms with van der Waals surface area (Å²) in [4.78, 5) is 4.12. The molecule has 0 spiro atoms. The van der Waals surface area contributed by atoms with Gasteiger partial charge in [-0.3, -0.25) is 5.10 Å². The van der Waals surface area contributed by atoms with Crippen molar-refractivity contribution in [2.45, 2.75) is 25.5 Å². The number of hydrogen-bond acceptors (Lipinski definition) is 4. The smallest absolute Gasteiger partial charge is 0.184 e. The third-order valence-corrected chi connectivity index (χ3v) is 3.24. The van der Waals surface area contributed by atoms with Gasteiger partial charge in [0.15, 0.2) is 5.82 Å². The third-order valence-electron chi connectivity index (χ3n) is 3.24. The van der Waals surface area contributed by atoms with Crippen molar-refractivity contribution in [1.29, 1.82) is 0 Å². The van der Waals surface area contributed by atoms with Gasteiger partial charge in [-0.15, -0.1) is 0 Å². The average Bonchev–Trinajstić information content (AvgIpc) is 2.90. The minimum absolute atomic E-state index is 0.0186. The molecule has 108 valence electrons. The maximum absolute atomic E-state index is 13.6. The first-order valence-electron chi connectivity index (χ1n) is 6.03. The van der Waals surface area contributed by atoms with Crippen LogP contribution in [0.1, 0.15) is 25.7 Å². The van der Waals surface area contributed by atoms with E-state index < -0.39 is 23.3 Å². The van der Waals surface area contributed by atoms with Crippen LogP contribution in [0.4, 0.5) is 8.78 Å². The Morgan fingerprint density at radius 2 is 2.05 bits per heavy atom. The number of aromatic amines is 1. The summed E-state index contributed by atoms with van der Waals surface area (Å²) in [5, 5.41) is 6.51. The predicted octanol–water partition coefficient (Wildman–Crippen LogP) is 2.17. The maximum Gasteiger partial charge on any atom is 0.184 e. The zero-order valence-corrected chi connectivity index (χ0v) is 11.4. The number of aromatic nitrogens is 3. The molecule has 0 aliphatic carbocycles. The topological polar surface area (TPSA) is 76.8 Å². The molecule has 1 aromatic heterocycles. The van der Waals surface area contributed by atoms with E-state index in [0.29, 0.717) is 5.82 Å². The molecule has 0 unspecified atom stereocenters. The molecule has 20 heavy (non-hydrogen) atoms. The zero-order chi connectivity index (χ0) is 14.9. The maximum atomic E-state index is 13.6. The molecule has 3 N–H and O–H groups in total. The van der Waals surface area contributed by atoms with Crippen LogP contribution in [0.2, 0.25) is 0 Å². The van der Waals surface area contributed by atoms with E-state index in [-0.39, 0.29) is 11.4 Å². The molecule has 1 aromatic carbocycles. The van der Waals surface area contributed by atoms with E-state index in [2.05, 4.69) is 15.2 Å². The molecule has 0 aliphatic rings. The number of nitrogens with zero attached hydrogens (tertiary/aromatic N) is 2. The summed E-state index contributed by atoms with van der Waals surface area (Å²) >= 11 is 0. The Hall–Kier alpha value is -1.86. The summed E-state index contributed by atoms with van der Waals surface area (Å²) in [6, 6.07) is 2.52. The summed E-state index contributed by atoms with van der Waals surface area (Å²) in [6.07, 6.45) is 0. The second-order valence-electron chi connectivity index (χ2n) is 4.95. The number of nitrogens with one attached hydrogen (secondary N) is 1. The van der Waals surface area contributed by atoms with Crippen molar-refractivity contribution in [3.05, 3.63) is 35.7 Å². The normalized spacial score (nSPS) is 13.5. The fourth-order valence-electron chi connectivity index (χ4n) is 1.66. The van der Waals surface area contributed by atoms with Crippen LogP contribution >= 0.6 is 0 Å². The molecule has 0 fully saturated rings. The first-order valence-corrected chi connectivity index (χ1v) is 6.03. The number of nitrogens with two attached hydrogens (primary N) is 1. The first kappa shape index (κ1) is 14.5. The number of hydrogen-bond donors (Lipinski definition) is 2. The van der Waals surface area contributed by atoms with E-state index in [1.54, 1.807) is 13.8 Å². The molecule has 2 aromatic rings. The minimum Gasteiger partial charge on any atom is -0.377 e. The molecule has 1 atom stereocenters. The van der Waals surface area contributed by atoms with Gasteiger partial charge in [0.2, 0.25) is 0 Å². The van der Waals surface area contributed by atoms with E-state index in [0.717, 1.165) is 18.2 Å². The molecule has 0 radical (unpaired) electrons. The molecule has 0 amide bonds. The van der Waals surface area contributed by atoms with Gasteiger partial charge in [-0.1, -0.05) is 0 Å². The van der Waals surface area contributed by atoms with E-state index in [1.165, 1.54) is 7.11 Å². The van der Waals surface area contributed by atoms with E-state index in [9.17, 15) is 8.78 Å². The molecular weight excluding hydrogens is 266 g/mol. The lowest BCUT2D eigenvalue weighted by Gasteiger charge is -2.28. The van der Waals surface area contributed by atoms with Crippen molar-refractivity contribution in [3.63, 3.8) is 0 Å². The molecule has 5 nitrogen and oxygen atoms in total. The molecule has 7 heteroatoms. The van der Waals surface area contributed by atoms with Crippen LogP contribution in [0.3, 0.4) is 0 Å². The lowest BCUT2D eigenvalue weighted by Crippen LogP contribution is -2.37. The standard InChI is InChI=1S/C13H16F2N4O/c1-13(2,20-3)10(16)12-17-11(18-19-12)8-6-7(14)4-5-9(8)15/h4-6,10H,16H2,1-3H3,(H,17,18,19)/t10-/m0/s1. The Morgan fingerprint density at radius 1 is 1.35 bits per heavy atom. The lowest BCUT2D eigenvalue weighted by molar-refractivity contribution is -0.00213. The molecule has 2 rings (SSSR count). The number of methoxy groups -OCH3 is 1. The van der Waals surface area contributed by atoms with Gasteiger partial charge in [-0.25, -0.2) is 13.8 Å². The van der Waals surface area contributed by atoms with Crippen molar-refractivity contribution in [1.82, 2.24) is 15.2 Å². The molecular formula is C13H16F2N4O. The van der Waals surface area contributed by atoms with Crippen LogP contribution < -0.4 is 5.73 Å². The van der Waals surface area contributed by atoms with Crippen LogP contribution in [0.5, 0.6) is 0 Å². The summed E-state index contributed by atoms with van der Waals surface area (Å²) in [7, 11) is 1.53. The highest BCUT2D eigenvalue weighted by atomic mass is 19.1. The van der Waals surface area contributed by atoms with Gasteiger partial charge in [-0.05, 0) is 32.0 Å². The molecule has 0 saturated heterocycles. The Labute approximate surface area is 115 Å². The van der Waals surface area contributed by atoms with Gasteiger partial charge in [0.05, 0.1) is 17.2 Å². The van der Waals surface area contributed by atoms with Crippen LogP contribution in [-0.4, -0.2) is 27.9 Å². The fourth-order valence-corrected chi connectivity index (χ4v) is 1.66. The minimum atomic E-state index is -0.669. The quantitative estimate of drug-likeness (QED) is 0.901. The van der Waals surface area contributed by atoms with E-state index in [1.807, 2.05) is 0 Å². The summed E-state index contributed by atoms with van der Waals surface area (Å²) in [5.41, 5.74) is 5.33. The fraction of sp³-hybridized carbons (Fsp3) is 0.385. The van der Waals surface area contributed by atoms with Crippen molar-refractivity contribution in [2.24, 2.45) is 5.73 Å². The molecule has 0 saturated carbocycles. The van der Waals surface area contributed by atoms with Crippen molar-refractivity contribution < 1.29 is 13.5 Å². The number of ether oxygens (including phenoxy) is 1. The summed E-state index contributed by atoms with van der Waals surface area (Å²) in [6.45, 7) is 3.59. The van der Waals surface area contributed by atoms with Gasteiger partial charge in [0.1, 0.15) is 17.5 Å². The summed E-state index contributed by atoms with van der Waals surface area (Å²) in [5.74, 6) is -0.763. The predicted molar refractivity (Wildman–Crippen MR) is 69.8 cm³/mol. The monoisotopic (exact) mass is 282 g/mol. The number of benzene rings is 1. The van der Waals surface area contributed by atoms with Crippen molar-refractivity contribution >= 4 is 0 Å². The first-order chi connectivity index (χ1) is 9.35. The highest BCUT2D eigenvalue weighted by molar-refractivity contribution is 5.55. The van der Waals surface area contributed by atoms with Crippen LogP contribution in [-0.2, 0) is 4.74 Å². The number of H-pyrrole nitrogens is 1. The molecule has 1 heterocycles. The van der Waals surface area contributed by atoms with Crippen molar-refractivity contribution in [2.75, 3.05) is 7.11 Å². The van der Waals surface area contributed by atoms with Gasteiger partial charge in [-0.2, -0.15) is 5.10 Å². The Kier molecular flexibility index (Phi) is 3.82. The Balaban J connectivity index is 2.36. The molecule has 0 aliphatic heterocycles. The van der Waals surface area contributed by atoms with Gasteiger partial charge >= 0.3 is 0 Å². The lowest BCUT2D eigenvalue weighted by atomic mass is 9.99. The SMILES string of the molecule is COC(C)(C)[C@@H](N)c1nc(-c2cc(F)ccc2F)n[nH]1. The Morgan fingerprint density at radius 3 is 2.70 bits per heavy atom. The van der Waals surface area contributed by atoms with Gasteiger partial charge < -0.3 is 10.5 Å². The van der Waals surface area contributed by atoms with Crippen LogP contribution in [0, 0.1) is 11.6 Å². The van der Waals surface area contributed by atoms with E-state index in [4.69, 9.17) is 10.5 Å². The van der Waals surface area contributed by atoms with Crippen LogP contribution in [0.25, 0.3) is 11.4 Å². The number of rotatable bonds is 4. The number of halogens is 2. The Bertz CT molecular complexity index is 612. The second kappa shape index (κ2) is 5.26. The van der Waals surface area contributed by atoms with E-state index >= 15 is 0 Å². The second-order valence-corrected chi connectivity index (χ2v) is 4.95. The largest absolute Gasteiger partial charge is 0.377 e. The highest BCUT2D eigenvalue weighted by Crippen LogP contribution is 2.26. The van der Waals surface area contributed by atoms with Crippen molar-refractivity contribution in [3.8, 4) is 11.4 Å². The summed E-state index contributed by atoms with van der Waals surface area (Å²) < 4.78 is 32.1. The zero-order valence-electron chi connectivity index (χ0n) is 11.4. The average molecular weight is 282 g/mol. The van der Waals surface area contributed by atoms with Crippen LogP contribution in [0.15, 0.2) is 18.2 Å². The van der Waals surface area contributed by atoms with Gasteiger partial charge in [0, 0.05) is 7.11 Å². The third kappa shape index (κ3) is 2.68. The molecule has 0 bridgehead atoms. The van der Waals surface area contributed by atoms with Gasteiger partial charge in [0.25, 0.3) is 0 Å².